The number of nitrogens with one attached hydrogen (secondary N) is 1. The van der Waals surface area contributed by atoms with E-state index in [9.17, 15) is 5.11 Å². The van der Waals surface area contributed by atoms with Crippen LogP contribution in [0.4, 0.5) is 0 Å². The van der Waals surface area contributed by atoms with E-state index < -0.39 is 5.54 Å². The maximum atomic E-state index is 10.1. The Hall–Kier alpha value is -1.46. The second-order valence-electron chi connectivity index (χ2n) is 6.49. The van der Waals surface area contributed by atoms with Crippen molar-refractivity contribution in [2.75, 3.05) is 6.61 Å². The number of benzene rings is 2. The molecule has 1 aromatic heterocycles. The molecule has 0 spiro atoms. The first kappa shape index (κ1) is 18.3. The van der Waals surface area contributed by atoms with Crippen LogP contribution in [0.1, 0.15) is 29.0 Å². The Kier molecular flexibility index (Phi) is 6.07. The number of aliphatic hydroxyl groups is 1. The monoisotopic (exact) mass is 415 g/mol. The summed E-state index contributed by atoms with van der Waals surface area (Å²) >= 11 is 5.32. The number of thiophene rings is 1. The second kappa shape index (κ2) is 8.28. The van der Waals surface area contributed by atoms with Crippen LogP contribution >= 0.6 is 27.3 Å². The van der Waals surface area contributed by atoms with Gasteiger partial charge in [-0.2, -0.15) is 0 Å². The maximum absolute atomic E-state index is 10.1. The zero-order valence-electron chi connectivity index (χ0n) is 14.2. The molecule has 2 nitrogen and oxygen atoms in total. The van der Waals surface area contributed by atoms with Crippen molar-refractivity contribution in [3.8, 4) is 0 Å². The van der Waals surface area contributed by atoms with Gasteiger partial charge in [0.05, 0.1) is 12.6 Å². The number of hydrogen-bond donors (Lipinski definition) is 2. The van der Waals surface area contributed by atoms with E-state index in [4.69, 9.17) is 0 Å². The molecule has 1 unspecified atom stereocenters. The predicted molar refractivity (Wildman–Crippen MR) is 109 cm³/mol. The summed E-state index contributed by atoms with van der Waals surface area (Å²) in [7, 11) is 0. The van der Waals surface area contributed by atoms with Gasteiger partial charge in [0.2, 0.25) is 0 Å². The maximum Gasteiger partial charge on any atom is 0.0614 e. The summed E-state index contributed by atoms with van der Waals surface area (Å²) in [6, 6.07) is 22.9. The van der Waals surface area contributed by atoms with Gasteiger partial charge >= 0.3 is 0 Å². The first-order chi connectivity index (χ1) is 12.1. The van der Waals surface area contributed by atoms with Crippen LogP contribution in [0.25, 0.3) is 0 Å². The molecule has 3 aromatic rings. The fourth-order valence-electron chi connectivity index (χ4n) is 2.96. The van der Waals surface area contributed by atoms with Gasteiger partial charge in [-0.1, -0.05) is 60.7 Å². The molecule has 0 fully saturated rings. The third-order valence-corrected chi connectivity index (χ3v) is 6.28. The molecule has 1 heterocycles. The van der Waals surface area contributed by atoms with Crippen LogP contribution in [0.15, 0.2) is 76.6 Å². The van der Waals surface area contributed by atoms with Gasteiger partial charge in [-0.05, 0) is 45.4 Å². The quantitative estimate of drug-likeness (QED) is 0.556. The van der Waals surface area contributed by atoms with Crippen LogP contribution in [-0.2, 0) is 6.42 Å². The minimum atomic E-state index is -0.427. The summed E-state index contributed by atoms with van der Waals surface area (Å²) < 4.78 is 1.11. The fraction of sp³-hybridized carbons (Fsp3) is 0.238. The molecule has 0 bridgehead atoms. The summed E-state index contributed by atoms with van der Waals surface area (Å²) in [5.74, 6) is 0. The third kappa shape index (κ3) is 4.59. The lowest BCUT2D eigenvalue weighted by molar-refractivity contribution is 0.166. The average Bonchev–Trinajstić information content (AvgIpc) is 3.05. The first-order valence-corrected chi connectivity index (χ1v) is 9.99. The molecule has 0 aliphatic rings. The number of hydrogen-bond acceptors (Lipinski definition) is 3. The van der Waals surface area contributed by atoms with Crippen LogP contribution < -0.4 is 5.32 Å². The van der Waals surface area contributed by atoms with Gasteiger partial charge in [-0.3, -0.25) is 5.32 Å². The molecule has 2 N–H and O–H groups in total. The van der Waals surface area contributed by atoms with Crippen molar-refractivity contribution in [3.63, 3.8) is 0 Å². The number of aliphatic hydroxyl groups excluding tert-OH is 1. The summed E-state index contributed by atoms with van der Waals surface area (Å²) in [4.78, 5) is 1.24. The lowest BCUT2D eigenvalue weighted by atomic mass is 9.91. The zero-order chi connectivity index (χ0) is 17.7. The van der Waals surface area contributed by atoms with E-state index in [1.54, 1.807) is 11.3 Å². The lowest BCUT2D eigenvalue weighted by Gasteiger charge is -2.34. The molecule has 25 heavy (non-hydrogen) atoms. The Labute approximate surface area is 161 Å². The second-order valence-corrected chi connectivity index (χ2v) is 8.34. The van der Waals surface area contributed by atoms with Gasteiger partial charge in [0.1, 0.15) is 0 Å². The van der Waals surface area contributed by atoms with E-state index in [0.29, 0.717) is 0 Å². The van der Waals surface area contributed by atoms with Crippen LogP contribution in [0.5, 0.6) is 0 Å². The van der Waals surface area contributed by atoms with E-state index in [-0.39, 0.29) is 12.6 Å². The molecule has 1 atom stereocenters. The Morgan fingerprint density at radius 2 is 1.56 bits per heavy atom. The molecular formula is C21H22BrNOS. The Morgan fingerprint density at radius 1 is 1.00 bits per heavy atom. The van der Waals surface area contributed by atoms with Crippen molar-refractivity contribution in [2.24, 2.45) is 0 Å². The third-order valence-electron chi connectivity index (χ3n) is 4.35. The molecule has 0 aliphatic heterocycles. The van der Waals surface area contributed by atoms with Gasteiger partial charge in [0, 0.05) is 21.3 Å². The van der Waals surface area contributed by atoms with Gasteiger partial charge in [-0.25, -0.2) is 0 Å². The summed E-state index contributed by atoms with van der Waals surface area (Å²) in [6.07, 6.45) is 0.762. The smallest absolute Gasteiger partial charge is 0.0614 e. The van der Waals surface area contributed by atoms with Crippen molar-refractivity contribution in [2.45, 2.75) is 24.9 Å². The molecule has 0 amide bonds. The highest BCUT2D eigenvalue weighted by atomic mass is 79.9. The Morgan fingerprint density at radius 3 is 2.00 bits per heavy atom. The number of halogens is 1. The van der Waals surface area contributed by atoms with Crippen LogP contribution in [0.3, 0.4) is 0 Å². The van der Waals surface area contributed by atoms with Gasteiger partial charge in [0.25, 0.3) is 0 Å². The van der Waals surface area contributed by atoms with E-state index in [0.717, 1.165) is 10.9 Å². The molecular weight excluding hydrogens is 394 g/mol. The highest BCUT2D eigenvalue weighted by Crippen LogP contribution is 2.30. The Bertz CT molecular complexity index is 750. The molecule has 0 aliphatic carbocycles. The van der Waals surface area contributed by atoms with Crippen molar-refractivity contribution in [1.82, 2.24) is 5.32 Å². The van der Waals surface area contributed by atoms with Crippen LogP contribution in [0.2, 0.25) is 0 Å². The highest BCUT2D eigenvalue weighted by molar-refractivity contribution is 9.10. The SMILES string of the molecule is CC(CO)(Cc1sccc1Br)NC(c1ccccc1)c1ccccc1. The average molecular weight is 416 g/mol. The summed E-state index contributed by atoms with van der Waals surface area (Å²) in [6.45, 7) is 2.14. The van der Waals surface area contributed by atoms with E-state index in [1.807, 2.05) is 12.1 Å². The molecule has 4 heteroatoms. The molecule has 0 saturated carbocycles. The lowest BCUT2D eigenvalue weighted by Crippen LogP contribution is -2.49. The van der Waals surface area contributed by atoms with E-state index in [2.05, 4.69) is 88.1 Å². The standard InChI is InChI=1S/C21H22BrNOS/c1-21(15-24,14-19-18(22)12-13-25-19)23-20(16-8-4-2-5-9-16)17-10-6-3-7-11-17/h2-13,20,23-24H,14-15H2,1H3. The van der Waals surface area contributed by atoms with Crippen molar-refractivity contribution < 1.29 is 5.11 Å². The minimum Gasteiger partial charge on any atom is -0.394 e. The first-order valence-electron chi connectivity index (χ1n) is 8.32. The molecule has 3 rings (SSSR count). The topological polar surface area (TPSA) is 32.3 Å². The minimum absolute atomic E-state index is 0.0262. The van der Waals surface area contributed by atoms with E-state index >= 15 is 0 Å². The number of rotatable bonds is 7. The van der Waals surface area contributed by atoms with Crippen molar-refractivity contribution in [3.05, 3.63) is 92.6 Å². The van der Waals surface area contributed by atoms with Gasteiger partial charge in [0.15, 0.2) is 0 Å². The fourth-order valence-corrected chi connectivity index (χ4v) is 4.64. The Balaban J connectivity index is 1.92. The summed E-state index contributed by atoms with van der Waals surface area (Å²) in [5, 5.41) is 15.9. The highest BCUT2D eigenvalue weighted by Gasteiger charge is 2.29. The van der Waals surface area contributed by atoms with Crippen molar-refractivity contribution in [1.29, 1.82) is 0 Å². The van der Waals surface area contributed by atoms with Gasteiger partial charge in [-0.15, -0.1) is 11.3 Å². The molecule has 2 aromatic carbocycles. The summed E-state index contributed by atoms with van der Waals surface area (Å²) in [5.41, 5.74) is 1.96. The predicted octanol–water partition coefficient (Wildman–Crippen LogP) is 5.18. The zero-order valence-corrected chi connectivity index (χ0v) is 16.6. The molecule has 130 valence electrons. The van der Waals surface area contributed by atoms with Crippen LogP contribution in [0, 0.1) is 0 Å². The normalized spacial score (nSPS) is 13.8. The van der Waals surface area contributed by atoms with Crippen LogP contribution in [-0.4, -0.2) is 17.3 Å². The largest absolute Gasteiger partial charge is 0.394 e. The van der Waals surface area contributed by atoms with Crippen molar-refractivity contribution >= 4 is 27.3 Å². The molecule has 0 radical (unpaired) electrons. The molecule has 0 saturated heterocycles. The van der Waals surface area contributed by atoms with E-state index in [1.165, 1.54) is 16.0 Å². The van der Waals surface area contributed by atoms with Gasteiger partial charge < -0.3 is 5.11 Å².